The van der Waals surface area contributed by atoms with Gasteiger partial charge in [0.15, 0.2) is 0 Å². The highest BCUT2D eigenvalue weighted by Gasteiger charge is 2.50. The number of aliphatic carboxylic acids is 1. The van der Waals surface area contributed by atoms with Crippen LogP contribution in [0, 0.1) is 16.7 Å². The van der Waals surface area contributed by atoms with Crippen molar-refractivity contribution in [1.29, 1.82) is 0 Å². The molecule has 0 saturated carbocycles. The molecule has 0 aromatic heterocycles. The van der Waals surface area contributed by atoms with Gasteiger partial charge < -0.3 is 5.11 Å². The molecule has 0 unspecified atom stereocenters. The Morgan fingerprint density at radius 1 is 1.26 bits per heavy atom. The van der Waals surface area contributed by atoms with Crippen molar-refractivity contribution in [3.63, 3.8) is 0 Å². The van der Waals surface area contributed by atoms with Crippen molar-refractivity contribution in [1.82, 2.24) is 0 Å². The topological polar surface area (TPSA) is 37.3 Å². The molecule has 0 aromatic carbocycles. The molecule has 3 atom stereocenters. The van der Waals surface area contributed by atoms with E-state index in [1.54, 1.807) is 0 Å². The standard InChI is InChI=1S/C20H24O2.CH4/c1-19-9-5-7-15(19)17-14(18(21)22)12-13-6-3-4-10-20(13,2)16(17)8-11-19;/h4,6-7,10,14H,3,5,8-9,11-12H2,1-2H3,(H,21,22);1H4/t14-,19+,20+;/m1./s1. The van der Waals surface area contributed by atoms with Crippen molar-refractivity contribution in [2.75, 3.05) is 0 Å². The van der Waals surface area contributed by atoms with E-state index in [4.69, 9.17) is 0 Å². The van der Waals surface area contributed by atoms with Crippen molar-refractivity contribution in [3.05, 3.63) is 46.6 Å². The minimum Gasteiger partial charge on any atom is -0.481 e. The lowest BCUT2D eigenvalue weighted by Crippen LogP contribution is -2.39. The van der Waals surface area contributed by atoms with Crippen LogP contribution in [0.25, 0.3) is 0 Å². The zero-order chi connectivity index (χ0) is 15.5. The Morgan fingerprint density at radius 2 is 2.04 bits per heavy atom. The van der Waals surface area contributed by atoms with E-state index in [0.717, 1.165) is 19.3 Å². The second-order valence-electron chi connectivity index (χ2n) is 7.77. The molecule has 23 heavy (non-hydrogen) atoms. The maximum atomic E-state index is 12.0. The third-order valence-electron chi connectivity index (χ3n) is 6.55. The molecule has 124 valence electrons. The van der Waals surface area contributed by atoms with E-state index in [1.807, 2.05) is 0 Å². The van der Waals surface area contributed by atoms with E-state index in [0.29, 0.717) is 6.42 Å². The van der Waals surface area contributed by atoms with E-state index in [9.17, 15) is 9.90 Å². The Hall–Kier alpha value is -1.57. The van der Waals surface area contributed by atoms with Crippen molar-refractivity contribution in [2.24, 2.45) is 16.7 Å². The molecule has 0 aromatic rings. The SMILES string of the molecule is C.C[C@@]12CCC=C1C1=C(CC2)[C@@]2(C)C=CCC=C2C[C@H]1C(=O)O. The predicted molar refractivity (Wildman–Crippen MR) is 94.1 cm³/mol. The molecule has 4 aliphatic carbocycles. The zero-order valence-electron chi connectivity index (χ0n) is 13.5. The van der Waals surface area contributed by atoms with Crippen molar-refractivity contribution >= 4 is 5.97 Å². The van der Waals surface area contributed by atoms with Gasteiger partial charge in [0.05, 0.1) is 5.92 Å². The van der Waals surface area contributed by atoms with Crippen LogP contribution in [-0.2, 0) is 4.79 Å². The fraction of sp³-hybridized carbons (Fsp3) is 0.571. The molecule has 0 radical (unpaired) electrons. The van der Waals surface area contributed by atoms with Crippen LogP contribution >= 0.6 is 0 Å². The van der Waals surface area contributed by atoms with Crippen LogP contribution in [0.4, 0.5) is 0 Å². The summed E-state index contributed by atoms with van der Waals surface area (Å²) in [5, 5.41) is 9.85. The Balaban J connectivity index is 0.00000156. The molecule has 0 heterocycles. The molecule has 2 nitrogen and oxygen atoms in total. The van der Waals surface area contributed by atoms with Crippen LogP contribution < -0.4 is 0 Å². The van der Waals surface area contributed by atoms with Crippen molar-refractivity contribution < 1.29 is 9.90 Å². The molecule has 0 aliphatic heterocycles. The molecule has 0 saturated heterocycles. The maximum Gasteiger partial charge on any atom is 0.311 e. The van der Waals surface area contributed by atoms with Crippen molar-refractivity contribution in [2.45, 2.75) is 59.8 Å². The van der Waals surface area contributed by atoms with Gasteiger partial charge in [-0.15, -0.1) is 0 Å². The Labute approximate surface area is 139 Å². The Bertz CT molecular complexity index is 676. The molecule has 4 rings (SSSR count). The first-order valence-electron chi connectivity index (χ1n) is 8.50. The number of hydrogen-bond acceptors (Lipinski definition) is 1. The molecule has 4 aliphatic rings. The molecule has 2 heteroatoms. The summed E-state index contributed by atoms with van der Waals surface area (Å²) in [5.74, 6) is -0.994. The normalized spacial score (nSPS) is 37.9. The lowest BCUT2D eigenvalue weighted by Gasteiger charge is -2.48. The second-order valence-corrected chi connectivity index (χ2v) is 7.77. The average Bonchev–Trinajstić information content (AvgIpc) is 2.87. The minimum atomic E-state index is -0.651. The smallest absolute Gasteiger partial charge is 0.311 e. The van der Waals surface area contributed by atoms with Crippen LogP contribution in [-0.4, -0.2) is 11.1 Å². The van der Waals surface area contributed by atoms with E-state index in [-0.39, 0.29) is 24.2 Å². The highest BCUT2D eigenvalue weighted by atomic mass is 16.4. The lowest BCUT2D eigenvalue weighted by molar-refractivity contribution is -0.140. The van der Waals surface area contributed by atoms with Gasteiger partial charge in [0.1, 0.15) is 0 Å². The first-order chi connectivity index (χ1) is 10.5. The van der Waals surface area contributed by atoms with Crippen LogP contribution in [0.1, 0.15) is 59.8 Å². The van der Waals surface area contributed by atoms with Gasteiger partial charge in [-0.1, -0.05) is 49.8 Å². The molecule has 1 N–H and O–H groups in total. The number of rotatable bonds is 1. The van der Waals surface area contributed by atoms with Crippen LogP contribution in [0.15, 0.2) is 46.6 Å². The van der Waals surface area contributed by atoms with Crippen LogP contribution in [0.2, 0.25) is 0 Å². The number of fused-ring (bicyclic) bond motifs is 4. The van der Waals surface area contributed by atoms with E-state index < -0.39 is 5.97 Å². The highest BCUT2D eigenvalue weighted by Crippen LogP contribution is 2.61. The number of allylic oxidation sites excluding steroid dienone is 7. The fourth-order valence-electron chi connectivity index (χ4n) is 5.20. The third-order valence-corrected chi connectivity index (χ3v) is 6.55. The molecular formula is C21H28O2. The lowest BCUT2D eigenvalue weighted by atomic mass is 9.55. The van der Waals surface area contributed by atoms with Crippen molar-refractivity contribution in [3.8, 4) is 0 Å². The third kappa shape index (κ3) is 2.10. The van der Waals surface area contributed by atoms with Crippen LogP contribution in [0.5, 0.6) is 0 Å². The molecule has 0 fully saturated rings. The first-order valence-corrected chi connectivity index (χ1v) is 8.50. The average molecular weight is 312 g/mol. The molecule has 0 spiro atoms. The van der Waals surface area contributed by atoms with Gasteiger partial charge in [0.2, 0.25) is 0 Å². The van der Waals surface area contributed by atoms with Gasteiger partial charge in [0.25, 0.3) is 0 Å². The minimum absolute atomic E-state index is 0. The summed E-state index contributed by atoms with van der Waals surface area (Å²) >= 11 is 0. The summed E-state index contributed by atoms with van der Waals surface area (Å²) < 4.78 is 0. The monoisotopic (exact) mass is 312 g/mol. The van der Waals surface area contributed by atoms with E-state index in [2.05, 4.69) is 38.2 Å². The number of hydrogen-bond donors (Lipinski definition) is 1. The predicted octanol–water partition coefficient (Wildman–Crippen LogP) is 5.44. The van der Waals surface area contributed by atoms with E-state index in [1.165, 1.54) is 35.1 Å². The summed E-state index contributed by atoms with van der Waals surface area (Å²) in [7, 11) is 0. The van der Waals surface area contributed by atoms with Gasteiger partial charge in [-0.3, -0.25) is 4.79 Å². The van der Waals surface area contributed by atoms with Crippen LogP contribution in [0.3, 0.4) is 0 Å². The maximum absolute atomic E-state index is 12.0. The Morgan fingerprint density at radius 3 is 2.78 bits per heavy atom. The number of carboxylic acid groups (broad SMARTS) is 1. The first kappa shape index (κ1) is 16.3. The fourth-order valence-corrected chi connectivity index (χ4v) is 5.20. The van der Waals surface area contributed by atoms with Gasteiger partial charge in [0, 0.05) is 5.41 Å². The largest absolute Gasteiger partial charge is 0.481 e. The quantitative estimate of drug-likeness (QED) is 0.655. The summed E-state index contributed by atoms with van der Waals surface area (Å²) in [6.07, 6.45) is 15.3. The molecular weight excluding hydrogens is 284 g/mol. The summed E-state index contributed by atoms with van der Waals surface area (Å²) in [6.45, 7) is 4.62. The summed E-state index contributed by atoms with van der Waals surface area (Å²) in [4.78, 5) is 12.0. The number of carbonyl (C=O) groups is 1. The van der Waals surface area contributed by atoms with E-state index >= 15 is 0 Å². The summed E-state index contributed by atoms with van der Waals surface area (Å²) in [6, 6.07) is 0. The molecule has 0 bridgehead atoms. The highest BCUT2D eigenvalue weighted by molar-refractivity contribution is 5.79. The zero-order valence-corrected chi connectivity index (χ0v) is 13.5. The molecule has 0 amide bonds. The van der Waals surface area contributed by atoms with Gasteiger partial charge in [-0.05, 0) is 62.0 Å². The van der Waals surface area contributed by atoms with Gasteiger partial charge in [-0.2, -0.15) is 0 Å². The number of carboxylic acids is 1. The summed E-state index contributed by atoms with van der Waals surface area (Å²) in [5.41, 5.74) is 5.43. The van der Waals surface area contributed by atoms with Gasteiger partial charge >= 0.3 is 5.97 Å². The van der Waals surface area contributed by atoms with Gasteiger partial charge in [-0.25, -0.2) is 0 Å². The second kappa shape index (κ2) is 5.22. The Kier molecular flexibility index (Phi) is 3.70.